The van der Waals surface area contributed by atoms with Crippen molar-refractivity contribution in [3.63, 3.8) is 0 Å². The van der Waals surface area contributed by atoms with E-state index in [1.807, 2.05) is 37.4 Å². The van der Waals surface area contributed by atoms with Gasteiger partial charge in [-0.2, -0.15) is 23.3 Å². The average molecular weight is 359 g/mol. The van der Waals surface area contributed by atoms with Crippen molar-refractivity contribution in [1.29, 1.82) is 0 Å². The van der Waals surface area contributed by atoms with Crippen LogP contribution in [0.5, 0.6) is 0 Å². The number of hydrogen-bond donors (Lipinski definition) is 1. The lowest BCUT2D eigenvalue weighted by molar-refractivity contribution is -0.137. The fraction of sp³-hybridized carbons (Fsp3) is 0.167. The van der Waals surface area contributed by atoms with Crippen LogP contribution in [-0.4, -0.2) is 22.2 Å². The predicted molar refractivity (Wildman–Crippen MR) is 93.1 cm³/mol. The maximum Gasteiger partial charge on any atom is 0.416 e. The summed E-state index contributed by atoms with van der Waals surface area (Å²) in [4.78, 5) is 6.12. The van der Waals surface area contributed by atoms with Gasteiger partial charge in [0.05, 0.1) is 11.8 Å². The minimum Gasteiger partial charge on any atom is -0.339 e. The first-order chi connectivity index (χ1) is 12.4. The van der Waals surface area contributed by atoms with E-state index < -0.39 is 11.7 Å². The molecule has 26 heavy (non-hydrogen) atoms. The second kappa shape index (κ2) is 7.38. The van der Waals surface area contributed by atoms with E-state index in [4.69, 9.17) is 0 Å². The van der Waals surface area contributed by atoms with Crippen molar-refractivity contribution in [3.8, 4) is 0 Å². The number of halogens is 3. The first-order valence-electron chi connectivity index (χ1n) is 7.81. The highest BCUT2D eigenvalue weighted by molar-refractivity contribution is 5.57. The van der Waals surface area contributed by atoms with Crippen LogP contribution >= 0.6 is 0 Å². The number of rotatable bonds is 5. The van der Waals surface area contributed by atoms with Gasteiger partial charge in [0.15, 0.2) is 5.82 Å². The Bertz CT molecular complexity index is 868. The number of aromatic nitrogens is 3. The Morgan fingerprint density at radius 1 is 1.04 bits per heavy atom. The van der Waals surface area contributed by atoms with Crippen LogP contribution in [0.3, 0.4) is 0 Å². The van der Waals surface area contributed by atoms with Crippen LogP contribution < -0.4 is 10.2 Å². The number of benzene rings is 2. The van der Waals surface area contributed by atoms with E-state index >= 15 is 0 Å². The van der Waals surface area contributed by atoms with Crippen molar-refractivity contribution in [2.24, 2.45) is 0 Å². The highest BCUT2D eigenvalue weighted by atomic mass is 19.4. The molecule has 5 nitrogen and oxygen atoms in total. The Kier molecular flexibility index (Phi) is 5.01. The van der Waals surface area contributed by atoms with Crippen LogP contribution in [0.2, 0.25) is 0 Å². The summed E-state index contributed by atoms with van der Waals surface area (Å²) in [6.07, 6.45) is -3.04. The van der Waals surface area contributed by atoms with Crippen LogP contribution in [0, 0.1) is 0 Å². The summed E-state index contributed by atoms with van der Waals surface area (Å²) in [5, 5.41) is 10.7. The average Bonchev–Trinajstić information content (AvgIpc) is 2.62. The lowest BCUT2D eigenvalue weighted by atomic mass is 10.2. The second-order valence-electron chi connectivity index (χ2n) is 5.69. The number of alkyl halides is 3. The summed E-state index contributed by atoms with van der Waals surface area (Å²) < 4.78 is 38.4. The van der Waals surface area contributed by atoms with Crippen LogP contribution in [0.4, 0.5) is 30.6 Å². The van der Waals surface area contributed by atoms with E-state index in [0.717, 1.165) is 17.7 Å². The Labute approximate surface area is 148 Å². The van der Waals surface area contributed by atoms with Crippen molar-refractivity contribution in [2.75, 3.05) is 17.3 Å². The van der Waals surface area contributed by atoms with E-state index in [1.165, 1.54) is 18.3 Å². The zero-order valence-electron chi connectivity index (χ0n) is 13.9. The lowest BCUT2D eigenvalue weighted by Gasteiger charge is -2.17. The molecule has 0 saturated heterocycles. The van der Waals surface area contributed by atoms with Gasteiger partial charge in [-0.25, -0.2) is 0 Å². The van der Waals surface area contributed by atoms with Crippen LogP contribution in [0.1, 0.15) is 11.1 Å². The summed E-state index contributed by atoms with van der Waals surface area (Å²) >= 11 is 0. The molecule has 1 N–H and O–H groups in total. The molecule has 134 valence electrons. The molecule has 0 aliphatic carbocycles. The van der Waals surface area contributed by atoms with Crippen LogP contribution in [0.25, 0.3) is 0 Å². The Morgan fingerprint density at radius 3 is 2.54 bits per heavy atom. The minimum atomic E-state index is -4.40. The normalized spacial score (nSPS) is 11.2. The molecule has 8 heteroatoms. The van der Waals surface area contributed by atoms with Gasteiger partial charge >= 0.3 is 6.18 Å². The molecule has 0 aliphatic rings. The molecule has 2 aromatic carbocycles. The summed E-state index contributed by atoms with van der Waals surface area (Å²) in [5.41, 5.74) is 0.623. The molecule has 0 fully saturated rings. The van der Waals surface area contributed by atoms with Gasteiger partial charge in [0, 0.05) is 19.3 Å². The van der Waals surface area contributed by atoms with Gasteiger partial charge in [-0.3, -0.25) is 0 Å². The maximum atomic E-state index is 12.8. The van der Waals surface area contributed by atoms with Crippen LogP contribution in [0.15, 0.2) is 60.8 Å². The standard InChI is InChI=1S/C18H16F3N5/c1-26(12-13-6-3-2-4-7-13)17-24-16(11-22-25-17)23-15-9-5-8-14(10-15)18(19,20)21/h2-11H,12H2,1H3,(H,23,24,25). The zero-order chi connectivity index (χ0) is 18.6. The van der Waals surface area contributed by atoms with E-state index in [9.17, 15) is 13.2 Å². The van der Waals surface area contributed by atoms with E-state index in [0.29, 0.717) is 18.3 Å². The highest BCUT2D eigenvalue weighted by Gasteiger charge is 2.30. The molecule has 1 aromatic heterocycles. The maximum absolute atomic E-state index is 12.8. The van der Waals surface area contributed by atoms with Gasteiger partial charge in [-0.1, -0.05) is 36.4 Å². The van der Waals surface area contributed by atoms with Gasteiger partial charge in [0.25, 0.3) is 0 Å². The Morgan fingerprint density at radius 2 is 1.81 bits per heavy atom. The number of anilines is 3. The summed E-state index contributed by atoms with van der Waals surface area (Å²) in [6, 6.07) is 14.7. The molecule has 3 aromatic rings. The fourth-order valence-corrected chi connectivity index (χ4v) is 2.37. The largest absolute Gasteiger partial charge is 0.416 e. The van der Waals surface area contributed by atoms with Gasteiger partial charge in [-0.05, 0) is 23.8 Å². The molecule has 1 heterocycles. The van der Waals surface area contributed by atoms with Crippen molar-refractivity contribution in [3.05, 3.63) is 71.9 Å². The number of hydrogen-bond acceptors (Lipinski definition) is 5. The van der Waals surface area contributed by atoms with Crippen molar-refractivity contribution in [1.82, 2.24) is 15.2 Å². The third-order valence-electron chi connectivity index (χ3n) is 3.61. The number of nitrogens with one attached hydrogen (secondary N) is 1. The topological polar surface area (TPSA) is 53.9 Å². The Balaban J connectivity index is 1.75. The van der Waals surface area contributed by atoms with Crippen molar-refractivity contribution >= 4 is 17.5 Å². The molecule has 0 aliphatic heterocycles. The van der Waals surface area contributed by atoms with Crippen molar-refractivity contribution in [2.45, 2.75) is 12.7 Å². The van der Waals surface area contributed by atoms with Gasteiger partial charge < -0.3 is 10.2 Å². The molecule has 0 saturated carbocycles. The van der Waals surface area contributed by atoms with Crippen LogP contribution in [-0.2, 0) is 12.7 Å². The second-order valence-corrected chi connectivity index (χ2v) is 5.69. The molecule has 0 spiro atoms. The molecule has 0 unspecified atom stereocenters. The molecule has 0 radical (unpaired) electrons. The third-order valence-corrected chi connectivity index (χ3v) is 3.61. The van der Waals surface area contributed by atoms with E-state index in [-0.39, 0.29) is 5.69 Å². The summed E-state index contributed by atoms with van der Waals surface area (Å²) in [6.45, 7) is 0.579. The zero-order valence-corrected chi connectivity index (χ0v) is 13.9. The molecular weight excluding hydrogens is 343 g/mol. The third kappa shape index (κ3) is 4.47. The van der Waals surface area contributed by atoms with Crippen molar-refractivity contribution < 1.29 is 13.2 Å². The van der Waals surface area contributed by atoms with Gasteiger partial charge in [-0.15, -0.1) is 5.10 Å². The number of nitrogens with zero attached hydrogens (tertiary/aromatic N) is 4. The monoisotopic (exact) mass is 359 g/mol. The molecular formula is C18H16F3N5. The molecule has 0 amide bonds. The lowest BCUT2D eigenvalue weighted by Crippen LogP contribution is -2.20. The highest BCUT2D eigenvalue weighted by Crippen LogP contribution is 2.31. The van der Waals surface area contributed by atoms with Gasteiger partial charge in [0.2, 0.25) is 5.95 Å². The minimum absolute atomic E-state index is 0.275. The molecule has 0 bridgehead atoms. The Hall–Kier alpha value is -3.16. The first kappa shape index (κ1) is 17.7. The van der Waals surface area contributed by atoms with E-state index in [1.54, 1.807) is 4.90 Å². The predicted octanol–water partition coefficient (Wildman–Crippen LogP) is 4.27. The summed E-state index contributed by atoms with van der Waals surface area (Å²) in [5.74, 6) is 0.681. The van der Waals surface area contributed by atoms with Gasteiger partial charge in [0.1, 0.15) is 0 Å². The van der Waals surface area contributed by atoms with E-state index in [2.05, 4.69) is 20.5 Å². The fourth-order valence-electron chi connectivity index (χ4n) is 2.37. The molecule has 0 atom stereocenters. The summed E-state index contributed by atoms with van der Waals surface area (Å²) in [7, 11) is 1.82. The first-order valence-corrected chi connectivity index (χ1v) is 7.81. The smallest absolute Gasteiger partial charge is 0.339 e. The SMILES string of the molecule is CN(Cc1ccccc1)c1nncc(Nc2cccc(C(F)(F)F)c2)n1. The quantitative estimate of drug-likeness (QED) is 0.737. The molecule has 3 rings (SSSR count).